The van der Waals surface area contributed by atoms with Gasteiger partial charge in [0, 0.05) is 0 Å². The first-order valence-corrected chi connectivity index (χ1v) is 6.16. The highest BCUT2D eigenvalue weighted by molar-refractivity contribution is 6.42. The van der Waals surface area contributed by atoms with Gasteiger partial charge in [-0.1, -0.05) is 29.3 Å². The van der Waals surface area contributed by atoms with Crippen LogP contribution in [0.25, 0.3) is 0 Å². The lowest BCUT2D eigenvalue weighted by atomic mass is 10.1. The fourth-order valence-electron chi connectivity index (χ4n) is 1.47. The summed E-state index contributed by atoms with van der Waals surface area (Å²) in [6.07, 6.45) is 0.670. The van der Waals surface area contributed by atoms with Crippen LogP contribution < -0.4 is 4.74 Å². The molecule has 0 fully saturated rings. The fraction of sp³-hybridized carbons (Fsp3) is 0.0769. The van der Waals surface area contributed by atoms with Crippen molar-refractivity contribution in [3.63, 3.8) is 0 Å². The summed E-state index contributed by atoms with van der Waals surface area (Å²) in [5.41, 5.74) is 0.0931. The molecule has 1 atom stereocenters. The molecule has 104 valence electrons. The summed E-state index contributed by atoms with van der Waals surface area (Å²) in [4.78, 5) is 23.2. The van der Waals surface area contributed by atoms with Gasteiger partial charge in [0.05, 0.1) is 16.8 Å². The van der Waals surface area contributed by atoms with E-state index < -0.39 is 17.9 Å². The smallest absolute Gasteiger partial charge is 0.353 e. The second kappa shape index (κ2) is 5.98. The minimum absolute atomic E-state index is 0.0170. The zero-order valence-corrected chi connectivity index (χ0v) is 11.4. The van der Waals surface area contributed by atoms with Crippen LogP contribution in [-0.4, -0.2) is 23.0 Å². The van der Waals surface area contributed by atoms with Crippen LogP contribution in [0.5, 0.6) is 5.75 Å². The minimum Gasteiger partial charge on any atom is -0.478 e. The van der Waals surface area contributed by atoms with Gasteiger partial charge in [-0.15, -0.1) is 0 Å². The monoisotopic (exact) mass is 314 g/mol. The van der Waals surface area contributed by atoms with Crippen LogP contribution in [0, 0.1) is 0 Å². The molecule has 2 rings (SSSR count). The highest BCUT2D eigenvalue weighted by atomic mass is 35.5. The topological polar surface area (TPSA) is 76.7 Å². The summed E-state index contributed by atoms with van der Waals surface area (Å²) in [5, 5.41) is 9.35. The summed E-state index contributed by atoms with van der Waals surface area (Å²) >= 11 is 11.7. The van der Waals surface area contributed by atoms with Gasteiger partial charge in [-0.3, -0.25) is 4.79 Å². The van der Waals surface area contributed by atoms with E-state index in [0.29, 0.717) is 0 Å². The van der Waals surface area contributed by atoms with Gasteiger partial charge in [0.25, 0.3) is 6.10 Å². The van der Waals surface area contributed by atoms with Crippen LogP contribution in [0.4, 0.5) is 0 Å². The van der Waals surface area contributed by atoms with E-state index in [9.17, 15) is 9.59 Å². The van der Waals surface area contributed by atoms with E-state index in [1.807, 2.05) is 0 Å². The molecule has 1 aromatic heterocycles. The van der Waals surface area contributed by atoms with E-state index in [1.165, 1.54) is 30.5 Å². The van der Waals surface area contributed by atoms with Crippen molar-refractivity contribution in [2.24, 2.45) is 0 Å². The van der Waals surface area contributed by atoms with Crippen LogP contribution >= 0.6 is 23.2 Å². The molecule has 5 nitrogen and oxygen atoms in total. The minimum atomic E-state index is -1.73. The fourth-order valence-corrected chi connectivity index (χ4v) is 1.81. The third-order valence-electron chi connectivity index (χ3n) is 2.43. The predicted octanol–water partition coefficient (Wildman–Crippen LogP) is 3.30. The van der Waals surface area contributed by atoms with Crippen molar-refractivity contribution in [2.45, 2.75) is 6.10 Å². The molecule has 1 aromatic carbocycles. The van der Waals surface area contributed by atoms with Gasteiger partial charge in [-0.05, 0) is 18.2 Å². The molecular weight excluding hydrogens is 307 g/mol. The molecule has 0 radical (unpaired) electrons. The molecule has 1 heterocycles. The number of benzene rings is 1. The first-order chi connectivity index (χ1) is 9.50. The molecule has 0 saturated carbocycles. The van der Waals surface area contributed by atoms with Crippen molar-refractivity contribution in [3.05, 3.63) is 52.4 Å². The number of carbonyl (C=O) groups is 2. The number of halogens is 2. The molecule has 0 aliphatic rings. The summed E-state index contributed by atoms with van der Waals surface area (Å²) in [6.45, 7) is 0. The predicted molar refractivity (Wildman–Crippen MR) is 71.6 cm³/mol. The highest BCUT2D eigenvalue weighted by Gasteiger charge is 2.31. The third-order valence-corrected chi connectivity index (χ3v) is 3.23. The van der Waals surface area contributed by atoms with E-state index in [2.05, 4.69) is 0 Å². The largest absolute Gasteiger partial charge is 0.478 e. The Labute approximate surface area is 123 Å². The quantitative estimate of drug-likeness (QED) is 0.676. The SMILES string of the molecule is O=C(O)C(Oc1cccc(Cl)c1Cl)C(=O)c1ccoc1. The van der Waals surface area contributed by atoms with Crippen LogP contribution in [0.2, 0.25) is 10.0 Å². The zero-order valence-electron chi connectivity index (χ0n) is 9.88. The second-order valence-electron chi connectivity index (χ2n) is 3.76. The van der Waals surface area contributed by atoms with E-state index >= 15 is 0 Å². The number of furan rings is 1. The van der Waals surface area contributed by atoms with Gasteiger partial charge in [-0.25, -0.2) is 4.79 Å². The van der Waals surface area contributed by atoms with Crippen LogP contribution in [0.1, 0.15) is 10.4 Å². The molecule has 1 N–H and O–H groups in total. The lowest BCUT2D eigenvalue weighted by molar-refractivity contribution is -0.142. The van der Waals surface area contributed by atoms with Gasteiger partial charge < -0.3 is 14.3 Å². The van der Waals surface area contributed by atoms with Crippen molar-refractivity contribution < 1.29 is 23.8 Å². The average Bonchev–Trinajstić information content (AvgIpc) is 2.93. The number of carboxylic acids is 1. The van der Waals surface area contributed by atoms with Crippen LogP contribution in [0.3, 0.4) is 0 Å². The molecular formula is C13H8Cl2O5. The Morgan fingerprint density at radius 3 is 2.60 bits per heavy atom. The Bertz CT molecular complexity index is 636. The summed E-state index contributed by atoms with van der Waals surface area (Å²) in [5.74, 6) is -2.17. The molecule has 2 aromatic rings. The molecule has 0 saturated heterocycles. The van der Waals surface area contributed by atoms with Crippen molar-refractivity contribution >= 4 is 35.0 Å². The molecule has 1 unspecified atom stereocenters. The first kappa shape index (κ1) is 14.4. The van der Waals surface area contributed by atoms with Gasteiger partial charge in [0.15, 0.2) is 0 Å². The van der Waals surface area contributed by atoms with Gasteiger partial charge in [0.1, 0.15) is 17.0 Å². The Balaban J connectivity index is 2.29. The maximum Gasteiger partial charge on any atom is 0.353 e. The van der Waals surface area contributed by atoms with E-state index in [1.54, 1.807) is 0 Å². The van der Waals surface area contributed by atoms with Gasteiger partial charge >= 0.3 is 5.97 Å². The molecule has 20 heavy (non-hydrogen) atoms. The number of ketones is 1. The Morgan fingerprint density at radius 2 is 2.00 bits per heavy atom. The Morgan fingerprint density at radius 1 is 1.25 bits per heavy atom. The van der Waals surface area contributed by atoms with Crippen molar-refractivity contribution in [3.8, 4) is 5.75 Å². The van der Waals surface area contributed by atoms with Gasteiger partial charge in [0.2, 0.25) is 5.78 Å². The lowest BCUT2D eigenvalue weighted by Crippen LogP contribution is -2.35. The van der Waals surface area contributed by atoms with Crippen LogP contribution in [0.15, 0.2) is 41.2 Å². The normalized spacial score (nSPS) is 11.9. The van der Waals surface area contributed by atoms with E-state index in [4.69, 9.17) is 37.5 Å². The number of hydrogen-bond donors (Lipinski definition) is 1. The average molecular weight is 315 g/mol. The zero-order chi connectivity index (χ0) is 14.7. The molecule has 0 amide bonds. The number of hydrogen-bond acceptors (Lipinski definition) is 4. The standard InChI is InChI=1S/C13H8Cl2O5/c14-8-2-1-3-9(10(8)15)20-12(13(17)18)11(16)7-4-5-19-6-7/h1-6,12H,(H,17,18). The summed E-state index contributed by atoms with van der Waals surface area (Å²) < 4.78 is 9.91. The molecule has 0 aliphatic heterocycles. The van der Waals surface area contributed by atoms with E-state index in [0.717, 1.165) is 6.26 Å². The maximum atomic E-state index is 12.0. The maximum absolute atomic E-state index is 12.0. The van der Waals surface area contributed by atoms with Crippen molar-refractivity contribution in [1.29, 1.82) is 0 Å². The number of carboxylic acid groups (broad SMARTS) is 1. The molecule has 0 aliphatic carbocycles. The van der Waals surface area contributed by atoms with Crippen molar-refractivity contribution in [2.75, 3.05) is 0 Å². The van der Waals surface area contributed by atoms with Crippen LogP contribution in [-0.2, 0) is 4.79 Å². The lowest BCUT2D eigenvalue weighted by Gasteiger charge is -2.14. The number of Topliss-reactive ketones (excluding diaryl/α,β-unsaturated/α-hetero) is 1. The third kappa shape index (κ3) is 2.95. The highest BCUT2D eigenvalue weighted by Crippen LogP contribution is 2.32. The number of carbonyl (C=O) groups excluding carboxylic acids is 1. The van der Waals surface area contributed by atoms with Crippen molar-refractivity contribution in [1.82, 2.24) is 0 Å². The molecule has 0 bridgehead atoms. The molecule has 0 spiro atoms. The van der Waals surface area contributed by atoms with Gasteiger partial charge in [-0.2, -0.15) is 0 Å². The second-order valence-corrected chi connectivity index (χ2v) is 4.55. The Hall–Kier alpha value is -1.98. The summed E-state index contributed by atoms with van der Waals surface area (Å²) in [7, 11) is 0. The molecule has 7 heteroatoms. The summed E-state index contributed by atoms with van der Waals surface area (Å²) in [6, 6.07) is 5.82. The number of rotatable bonds is 5. The first-order valence-electron chi connectivity index (χ1n) is 5.40. The Kier molecular flexibility index (Phi) is 4.32. The number of ether oxygens (including phenoxy) is 1. The van der Waals surface area contributed by atoms with E-state index in [-0.39, 0.29) is 21.4 Å². The number of aliphatic carboxylic acids is 1.